The number of nitrogens with one attached hydrogen (secondary N) is 2. The zero-order valence-electron chi connectivity index (χ0n) is 15.4. The molecule has 29 heavy (non-hydrogen) atoms. The van der Waals surface area contributed by atoms with Gasteiger partial charge in [0, 0.05) is 0 Å². The van der Waals surface area contributed by atoms with Crippen LogP contribution in [0.3, 0.4) is 0 Å². The Morgan fingerprint density at radius 3 is 2.86 bits per heavy atom. The van der Waals surface area contributed by atoms with E-state index in [0.29, 0.717) is 28.5 Å². The number of aliphatic hydroxyl groups excluding tert-OH is 2. The van der Waals surface area contributed by atoms with Gasteiger partial charge in [-0.25, -0.2) is 0 Å². The third-order valence-corrected chi connectivity index (χ3v) is 8.26. The summed E-state index contributed by atoms with van der Waals surface area (Å²) < 4.78 is 1.72. The van der Waals surface area contributed by atoms with Gasteiger partial charge in [-0.2, -0.15) is 0 Å². The van der Waals surface area contributed by atoms with E-state index < -0.39 is 22.0 Å². The van der Waals surface area contributed by atoms with Crippen molar-refractivity contribution in [2.24, 2.45) is 0 Å². The summed E-state index contributed by atoms with van der Waals surface area (Å²) in [5, 5.41) is 27.3. The molecular formula is C18H19ClN6O3Se. The molecule has 1 aliphatic rings. The Hall–Kier alpha value is -2.23. The van der Waals surface area contributed by atoms with E-state index in [-0.39, 0.29) is 20.9 Å². The molecule has 0 saturated carbocycles. The number of carbonyl (C=O) groups excluding carboxylic acids is 1. The van der Waals surface area contributed by atoms with Crippen LogP contribution >= 0.6 is 11.6 Å². The van der Waals surface area contributed by atoms with Gasteiger partial charge in [0.25, 0.3) is 0 Å². The summed E-state index contributed by atoms with van der Waals surface area (Å²) >= 11 is 5.64. The van der Waals surface area contributed by atoms with E-state index in [1.807, 2.05) is 24.3 Å². The third kappa shape index (κ3) is 3.82. The Kier molecular flexibility index (Phi) is 5.71. The van der Waals surface area contributed by atoms with Gasteiger partial charge >= 0.3 is 178 Å². The maximum atomic E-state index is 12.0. The van der Waals surface area contributed by atoms with Crippen molar-refractivity contribution in [3.05, 3.63) is 47.5 Å². The molecule has 2 aromatic heterocycles. The van der Waals surface area contributed by atoms with E-state index in [0.717, 1.165) is 5.56 Å². The molecule has 4 atom stereocenters. The molecule has 4 rings (SSSR count). The van der Waals surface area contributed by atoms with Gasteiger partial charge in [-0.3, -0.25) is 0 Å². The van der Waals surface area contributed by atoms with Crippen molar-refractivity contribution in [2.75, 3.05) is 12.4 Å². The van der Waals surface area contributed by atoms with Crippen LogP contribution in [0.4, 0.5) is 5.82 Å². The van der Waals surface area contributed by atoms with Crippen LogP contribution in [0.1, 0.15) is 10.5 Å². The summed E-state index contributed by atoms with van der Waals surface area (Å²) in [5.74, 6) is 0.277. The number of halogens is 1. The van der Waals surface area contributed by atoms with Crippen molar-refractivity contribution in [3.63, 3.8) is 0 Å². The standard InChI is InChI=1S/C18H19ClN6O3Se/c1-20-17(28)14-12(26)13(27)18(29-14)25-8-24-11-15(22-7-23-16(11)25)21-6-9-3-2-4-10(19)5-9/h2-5,7-8,12-14,18,26-27H,6H2,1H3,(H,20,28)(H,21,22,23)/t12-,13+,14+,18+/m0/s1. The first-order chi connectivity index (χ1) is 14.0. The molecule has 1 saturated heterocycles. The number of nitrogens with zero attached hydrogens (tertiary/aromatic N) is 4. The number of fused-ring (bicyclic) bond motifs is 1. The summed E-state index contributed by atoms with van der Waals surface area (Å²) in [6, 6.07) is 7.50. The van der Waals surface area contributed by atoms with Crippen molar-refractivity contribution < 1.29 is 15.0 Å². The zero-order valence-corrected chi connectivity index (χ0v) is 17.8. The second-order valence-corrected chi connectivity index (χ2v) is 9.66. The topological polar surface area (TPSA) is 125 Å². The van der Waals surface area contributed by atoms with Crippen LogP contribution in [0.25, 0.3) is 11.2 Å². The van der Waals surface area contributed by atoms with E-state index in [9.17, 15) is 15.0 Å². The average molecular weight is 482 g/mol. The predicted molar refractivity (Wildman–Crippen MR) is 109 cm³/mol. The van der Waals surface area contributed by atoms with Crippen LogP contribution in [0, 0.1) is 0 Å². The molecule has 3 heterocycles. The summed E-state index contributed by atoms with van der Waals surface area (Å²) in [6.45, 7) is 0.507. The van der Waals surface area contributed by atoms with Crippen LogP contribution in [0.5, 0.6) is 0 Å². The molecule has 0 unspecified atom stereocenters. The third-order valence-electron chi connectivity index (χ3n) is 4.73. The van der Waals surface area contributed by atoms with Gasteiger partial charge in [0.05, 0.1) is 0 Å². The molecular weight excluding hydrogens is 463 g/mol. The number of hydrogen-bond acceptors (Lipinski definition) is 7. The molecule has 3 aromatic rings. The number of amides is 1. The van der Waals surface area contributed by atoms with Crippen LogP contribution in [-0.4, -0.2) is 69.9 Å². The molecule has 0 spiro atoms. The number of rotatable bonds is 5. The summed E-state index contributed by atoms with van der Waals surface area (Å²) in [5.41, 5.74) is 2.08. The molecule has 0 bridgehead atoms. The van der Waals surface area contributed by atoms with Crippen molar-refractivity contribution in [3.8, 4) is 0 Å². The number of anilines is 1. The van der Waals surface area contributed by atoms with Gasteiger partial charge in [-0.1, -0.05) is 0 Å². The second kappa shape index (κ2) is 8.25. The Morgan fingerprint density at radius 1 is 1.28 bits per heavy atom. The minimum absolute atomic E-state index is 0.276. The first kappa shape index (κ1) is 20.1. The Bertz CT molecular complexity index is 1050. The molecule has 1 aliphatic heterocycles. The summed E-state index contributed by atoms with van der Waals surface area (Å²) in [4.78, 5) is 23.9. The molecule has 4 N–H and O–H groups in total. The number of aromatic nitrogens is 4. The van der Waals surface area contributed by atoms with Crippen LogP contribution in [-0.2, 0) is 11.3 Å². The normalized spacial score (nSPS) is 24.0. The van der Waals surface area contributed by atoms with E-state index in [1.165, 1.54) is 13.4 Å². The molecule has 0 aliphatic carbocycles. The molecule has 1 fully saturated rings. The van der Waals surface area contributed by atoms with Crippen molar-refractivity contribution in [1.29, 1.82) is 0 Å². The minimum atomic E-state index is -1.13. The first-order valence-electron chi connectivity index (χ1n) is 8.88. The van der Waals surface area contributed by atoms with Crippen molar-refractivity contribution >= 4 is 49.4 Å². The summed E-state index contributed by atoms with van der Waals surface area (Å²) in [7, 11) is 1.52. The van der Waals surface area contributed by atoms with E-state index >= 15 is 0 Å². The monoisotopic (exact) mass is 482 g/mol. The van der Waals surface area contributed by atoms with E-state index in [4.69, 9.17) is 11.6 Å². The molecule has 152 valence electrons. The van der Waals surface area contributed by atoms with Crippen LogP contribution < -0.4 is 10.6 Å². The molecule has 1 aromatic carbocycles. The second-order valence-electron chi connectivity index (χ2n) is 6.57. The van der Waals surface area contributed by atoms with Gasteiger partial charge in [-0.05, 0) is 0 Å². The molecule has 11 heteroatoms. The number of benzene rings is 1. The quantitative estimate of drug-likeness (QED) is 0.392. The predicted octanol–water partition coefficient (Wildman–Crippen LogP) is 0.564. The fraction of sp³-hybridized carbons (Fsp3) is 0.333. The first-order valence-corrected chi connectivity index (χ1v) is 11.2. The van der Waals surface area contributed by atoms with Gasteiger partial charge in [-0.15, -0.1) is 0 Å². The SMILES string of the molecule is CNC(=O)[C@@H]1[Se][C@@H](n2cnc3c(NCc4cccc(Cl)c4)ncnc32)[C@H](O)[C@@H]1O. The fourth-order valence-corrected chi connectivity index (χ4v) is 6.55. The molecule has 1 amide bonds. The number of hydrogen-bond donors (Lipinski definition) is 4. The van der Waals surface area contributed by atoms with Crippen LogP contribution in [0.2, 0.25) is 9.84 Å². The summed E-state index contributed by atoms with van der Waals surface area (Å²) in [6.07, 6.45) is 0.785. The number of aliphatic hydroxyl groups is 2. The number of imidazole rings is 1. The number of carbonyl (C=O) groups is 1. The van der Waals surface area contributed by atoms with Crippen molar-refractivity contribution in [1.82, 2.24) is 24.8 Å². The maximum absolute atomic E-state index is 12.0. The van der Waals surface area contributed by atoms with E-state index in [2.05, 4.69) is 25.6 Å². The van der Waals surface area contributed by atoms with Gasteiger partial charge in [0.15, 0.2) is 0 Å². The van der Waals surface area contributed by atoms with Crippen molar-refractivity contribution in [2.45, 2.75) is 28.5 Å². The zero-order chi connectivity index (χ0) is 20.5. The fourth-order valence-electron chi connectivity index (χ4n) is 3.25. The molecule has 0 radical (unpaired) electrons. The van der Waals surface area contributed by atoms with Gasteiger partial charge < -0.3 is 0 Å². The van der Waals surface area contributed by atoms with Gasteiger partial charge in [0.1, 0.15) is 0 Å². The van der Waals surface area contributed by atoms with Gasteiger partial charge in [0.2, 0.25) is 0 Å². The Morgan fingerprint density at radius 2 is 2.10 bits per heavy atom. The Balaban J connectivity index is 1.60. The van der Waals surface area contributed by atoms with E-state index in [1.54, 1.807) is 10.9 Å². The molecule has 9 nitrogen and oxygen atoms in total. The Labute approximate surface area is 177 Å². The van der Waals surface area contributed by atoms with Crippen LogP contribution in [0.15, 0.2) is 36.9 Å². The average Bonchev–Trinajstić information content (AvgIpc) is 3.28.